The van der Waals surface area contributed by atoms with Crippen molar-refractivity contribution < 1.29 is 13.6 Å². The third-order valence-corrected chi connectivity index (χ3v) is 2.12. The van der Waals surface area contributed by atoms with Gasteiger partial charge < -0.3 is 10.2 Å². The van der Waals surface area contributed by atoms with Crippen molar-refractivity contribution in [1.82, 2.24) is 10.2 Å². The summed E-state index contributed by atoms with van der Waals surface area (Å²) >= 11 is 0. The summed E-state index contributed by atoms with van der Waals surface area (Å²) in [5, 5.41) is 2.75. The van der Waals surface area contributed by atoms with Crippen molar-refractivity contribution in [2.24, 2.45) is 0 Å². The number of likely N-dealkylation sites (N-methyl/N-ethyl adjacent to an activating group) is 1. The van der Waals surface area contributed by atoms with Crippen LogP contribution in [-0.2, 0) is 11.3 Å². The van der Waals surface area contributed by atoms with Crippen LogP contribution in [0.25, 0.3) is 0 Å². The zero-order valence-corrected chi connectivity index (χ0v) is 9.26. The summed E-state index contributed by atoms with van der Waals surface area (Å²) in [6.07, 6.45) is 0. The molecule has 5 heteroatoms. The molecule has 1 N–H and O–H groups in total. The minimum absolute atomic E-state index is 0.100. The fourth-order valence-electron chi connectivity index (χ4n) is 1.15. The number of nitrogens with one attached hydrogen (secondary N) is 1. The number of benzene rings is 1. The van der Waals surface area contributed by atoms with E-state index >= 15 is 0 Å². The fourth-order valence-corrected chi connectivity index (χ4v) is 1.15. The average molecular weight is 228 g/mol. The molecule has 0 spiro atoms. The average Bonchev–Trinajstić information content (AvgIpc) is 2.24. The molecule has 3 nitrogen and oxygen atoms in total. The van der Waals surface area contributed by atoms with Gasteiger partial charge in [0, 0.05) is 26.2 Å². The normalized spacial score (nSPS) is 10.2. The minimum Gasteiger partial charge on any atom is -0.348 e. The van der Waals surface area contributed by atoms with Gasteiger partial charge in [-0.2, -0.15) is 0 Å². The van der Waals surface area contributed by atoms with E-state index in [-0.39, 0.29) is 24.6 Å². The predicted octanol–water partition coefficient (Wildman–Crippen LogP) is 1.14. The second kappa shape index (κ2) is 5.55. The summed E-state index contributed by atoms with van der Waals surface area (Å²) in [6.45, 7) is 0.228. The molecule has 16 heavy (non-hydrogen) atoms. The van der Waals surface area contributed by atoms with E-state index in [1.54, 1.807) is 14.1 Å². The maximum absolute atomic E-state index is 13.2. The first kappa shape index (κ1) is 12.6. The highest BCUT2D eigenvalue weighted by Crippen LogP contribution is 2.10. The molecular formula is C11H14F2N2O. The van der Waals surface area contributed by atoms with E-state index in [9.17, 15) is 13.6 Å². The van der Waals surface area contributed by atoms with Crippen molar-refractivity contribution in [2.45, 2.75) is 6.54 Å². The lowest BCUT2D eigenvalue weighted by Crippen LogP contribution is -2.32. The molecule has 0 aliphatic carbocycles. The van der Waals surface area contributed by atoms with Crippen LogP contribution in [0.1, 0.15) is 5.56 Å². The zero-order valence-electron chi connectivity index (χ0n) is 9.26. The molecule has 0 aliphatic rings. The highest BCUT2D eigenvalue weighted by Gasteiger charge is 2.08. The summed E-state index contributed by atoms with van der Waals surface area (Å²) < 4.78 is 26.0. The molecule has 0 heterocycles. The Kier molecular flexibility index (Phi) is 4.37. The van der Waals surface area contributed by atoms with Gasteiger partial charge in [0.05, 0.1) is 6.54 Å². The Labute approximate surface area is 93.1 Å². The molecule has 1 rings (SSSR count). The summed E-state index contributed by atoms with van der Waals surface area (Å²) in [4.78, 5) is 12.6. The summed E-state index contributed by atoms with van der Waals surface area (Å²) in [5.41, 5.74) is 0.214. The predicted molar refractivity (Wildman–Crippen MR) is 56.8 cm³/mol. The van der Waals surface area contributed by atoms with Crippen LogP contribution >= 0.6 is 0 Å². The van der Waals surface area contributed by atoms with Crippen molar-refractivity contribution in [3.05, 3.63) is 35.4 Å². The van der Waals surface area contributed by atoms with Crippen molar-refractivity contribution in [2.75, 3.05) is 20.6 Å². The summed E-state index contributed by atoms with van der Waals surface area (Å²) in [7, 11) is 3.26. The van der Waals surface area contributed by atoms with Gasteiger partial charge in [0.25, 0.3) is 0 Å². The van der Waals surface area contributed by atoms with E-state index in [4.69, 9.17) is 0 Å². The SMILES string of the molecule is CN(C)C(=O)CNCc1cccc(F)c1F. The van der Waals surface area contributed by atoms with Crippen LogP contribution in [0.2, 0.25) is 0 Å². The maximum atomic E-state index is 13.2. The molecule has 0 aromatic heterocycles. The van der Waals surface area contributed by atoms with Gasteiger partial charge in [-0.1, -0.05) is 12.1 Å². The molecule has 1 amide bonds. The van der Waals surface area contributed by atoms with Crippen LogP contribution < -0.4 is 5.32 Å². The first-order chi connectivity index (χ1) is 7.52. The Bertz CT molecular complexity index is 380. The van der Waals surface area contributed by atoms with E-state index in [0.717, 1.165) is 6.07 Å². The van der Waals surface area contributed by atoms with E-state index in [1.807, 2.05) is 0 Å². The molecule has 0 radical (unpaired) electrons. The highest BCUT2D eigenvalue weighted by atomic mass is 19.2. The Hall–Kier alpha value is -1.49. The second-order valence-electron chi connectivity index (χ2n) is 3.60. The molecule has 0 aliphatic heterocycles. The van der Waals surface area contributed by atoms with E-state index < -0.39 is 11.6 Å². The van der Waals surface area contributed by atoms with Crippen LogP contribution in [0, 0.1) is 11.6 Å². The maximum Gasteiger partial charge on any atom is 0.236 e. The second-order valence-corrected chi connectivity index (χ2v) is 3.60. The van der Waals surface area contributed by atoms with Gasteiger partial charge in [-0.05, 0) is 6.07 Å². The highest BCUT2D eigenvalue weighted by molar-refractivity contribution is 5.77. The van der Waals surface area contributed by atoms with Crippen LogP contribution in [0.3, 0.4) is 0 Å². The first-order valence-corrected chi connectivity index (χ1v) is 4.86. The van der Waals surface area contributed by atoms with Gasteiger partial charge in [0.2, 0.25) is 5.91 Å². The standard InChI is InChI=1S/C11H14F2N2O/c1-15(2)10(16)7-14-6-8-4-3-5-9(12)11(8)13/h3-5,14H,6-7H2,1-2H3. The number of hydrogen-bond acceptors (Lipinski definition) is 2. The minimum atomic E-state index is -0.877. The lowest BCUT2D eigenvalue weighted by atomic mass is 10.2. The number of carbonyl (C=O) groups is 1. The molecule has 0 saturated carbocycles. The molecule has 1 aromatic rings. The van der Waals surface area contributed by atoms with Gasteiger partial charge in [-0.3, -0.25) is 4.79 Å². The fraction of sp³-hybridized carbons (Fsp3) is 0.364. The quantitative estimate of drug-likeness (QED) is 0.838. The third kappa shape index (κ3) is 3.27. The van der Waals surface area contributed by atoms with E-state index in [1.165, 1.54) is 17.0 Å². The Morgan fingerprint density at radius 2 is 2.06 bits per heavy atom. The lowest BCUT2D eigenvalue weighted by Gasteiger charge is -2.11. The van der Waals surface area contributed by atoms with E-state index in [0.29, 0.717) is 0 Å². The largest absolute Gasteiger partial charge is 0.348 e. The lowest BCUT2D eigenvalue weighted by molar-refractivity contribution is -0.127. The number of nitrogens with zero attached hydrogens (tertiary/aromatic N) is 1. The van der Waals surface area contributed by atoms with E-state index in [2.05, 4.69) is 5.32 Å². The van der Waals surface area contributed by atoms with Gasteiger partial charge in [-0.25, -0.2) is 8.78 Å². The van der Waals surface area contributed by atoms with Gasteiger partial charge in [-0.15, -0.1) is 0 Å². The van der Waals surface area contributed by atoms with Gasteiger partial charge in [0.15, 0.2) is 11.6 Å². The monoisotopic (exact) mass is 228 g/mol. The van der Waals surface area contributed by atoms with Crippen molar-refractivity contribution in [1.29, 1.82) is 0 Å². The molecule has 88 valence electrons. The van der Waals surface area contributed by atoms with Crippen LogP contribution in [0.4, 0.5) is 8.78 Å². The number of hydrogen-bond donors (Lipinski definition) is 1. The Morgan fingerprint density at radius 1 is 1.38 bits per heavy atom. The topological polar surface area (TPSA) is 32.3 Å². The molecule has 0 atom stereocenters. The van der Waals surface area contributed by atoms with Gasteiger partial charge >= 0.3 is 0 Å². The van der Waals surface area contributed by atoms with Gasteiger partial charge in [0.1, 0.15) is 0 Å². The van der Waals surface area contributed by atoms with Crippen molar-refractivity contribution in [3.63, 3.8) is 0 Å². The number of halogens is 2. The summed E-state index contributed by atoms with van der Waals surface area (Å²) in [6, 6.07) is 3.97. The van der Waals surface area contributed by atoms with Crippen LogP contribution in [0.15, 0.2) is 18.2 Å². The number of amides is 1. The zero-order chi connectivity index (χ0) is 12.1. The van der Waals surface area contributed by atoms with Crippen molar-refractivity contribution >= 4 is 5.91 Å². The number of rotatable bonds is 4. The number of carbonyl (C=O) groups excluding carboxylic acids is 1. The third-order valence-electron chi connectivity index (χ3n) is 2.12. The molecule has 0 saturated heterocycles. The van der Waals surface area contributed by atoms with Crippen LogP contribution in [0.5, 0.6) is 0 Å². The Morgan fingerprint density at radius 3 is 2.69 bits per heavy atom. The molecule has 0 bridgehead atoms. The van der Waals surface area contributed by atoms with Crippen LogP contribution in [-0.4, -0.2) is 31.4 Å². The first-order valence-electron chi connectivity index (χ1n) is 4.86. The molecular weight excluding hydrogens is 214 g/mol. The van der Waals surface area contributed by atoms with Crippen molar-refractivity contribution in [3.8, 4) is 0 Å². The Balaban J connectivity index is 2.49. The smallest absolute Gasteiger partial charge is 0.236 e. The molecule has 0 fully saturated rings. The molecule has 1 aromatic carbocycles. The molecule has 0 unspecified atom stereocenters. The summed E-state index contributed by atoms with van der Waals surface area (Å²) in [5.74, 6) is -1.86.